The first-order chi connectivity index (χ1) is 17.4. The minimum Gasteiger partial charge on any atom is -0.425 e. The van der Waals surface area contributed by atoms with Gasteiger partial charge in [0.1, 0.15) is 0 Å². The van der Waals surface area contributed by atoms with Crippen LogP contribution >= 0.6 is 0 Å². The molecule has 2 heterocycles. The minimum atomic E-state index is -4.31. The number of nitro groups is 1. The van der Waals surface area contributed by atoms with Crippen LogP contribution in [-0.4, -0.2) is 23.3 Å². The number of para-hydroxylation sites is 2. The third-order valence-electron chi connectivity index (χ3n) is 5.46. The summed E-state index contributed by atoms with van der Waals surface area (Å²) in [6, 6.07) is 25.7. The fraction of sp³-hybridized carbons (Fsp3) is 0.0385. The molecule has 0 fully saturated rings. The first-order valence-corrected chi connectivity index (χ1v) is 12.4. The summed E-state index contributed by atoms with van der Waals surface area (Å²) in [5, 5.41) is 11.1. The molecule has 0 atom stereocenters. The average molecular weight is 498 g/mol. The molecule has 0 bridgehead atoms. The maximum atomic E-state index is 13.1. The van der Waals surface area contributed by atoms with E-state index in [2.05, 4.69) is 14.7 Å². The molecule has 0 spiro atoms. The molecule has 0 amide bonds. The van der Waals surface area contributed by atoms with Crippen LogP contribution in [-0.2, 0) is 16.4 Å². The zero-order chi connectivity index (χ0) is 25.1. The Morgan fingerprint density at radius 1 is 0.806 bits per heavy atom. The van der Waals surface area contributed by atoms with Gasteiger partial charge >= 0.3 is 5.82 Å². The van der Waals surface area contributed by atoms with E-state index < -0.39 is 14.9 Å². The van der Waals surface area contributed by atoms with Gasteiger partial charge in [0.25, 0.3) is 5.69 Å². The van der Waals surface area contributed by atoms with Crippen molar-refractivity contribution >= 4 is 32.6 Å². The Kier molecular flexibility index (Phi) is 6.09. The highest BCUT2D eigenvalue weighted by Crippen LogP contribution is 2.31. The fourth-order valence-electron chi connectivity index (χ4n) is 3.69. The van der Waals surface area contributed by atoms with Crippen molar-refractivity contribution in [2.45, 2.75) is 11.3 Å². The molecule has 36 heavy (non-hydrogen) atoms. The lowest BCUT2D eigenvalue weighted by atomic mass is 10.1. The molecule has 2 aromatic heterocycles. The molecule has 10 heteroatoms. The summed E-state index contributed by atoms with van der Waals surface area (Å²) in [5.41, 5.74) is 2.92. The van der Waals surface area contributed by atoms with Gasteiger partial charge in [0.15, 0.2) is 5.52 Å². The van der Waals surface area contributed by atoms with Crippen molar-refractivity contribution < 1.29 is 17.9 Å². The highest BCUT2D eigenvalue weighted by molar-refractivity contribution is 7.94. The Balaban J connectivity index is 1.54. The molecular weight excluding hydrogens is 478 g/mol. The zero-order valence-corrected chi connectivity index (χ0v) is 19.6. The van der Waals surface area contributed by atoms with Gasteiger partial charge in [-0.25, -0.2) is 13.0 Å². The Bertz CT molecular complexity index is 1670. The van der Waals surface area contributed by atoms with Crippen LogP contribution in [0.15, 0.2) is 108 Å². The smallest absolute Gasteiger partial charge is 0.327 e. The third-order valence-corrected chi connectivity index (χ3v) is 6.72. The summed E-state index contributed by atoms with van der Waals surface area (Å²) in [7, 11) is -4.31. The normalized spacial score (nSPS) is 11.3. The number of benzene rings is 3. The fourth-order valence-corrected chi connectivity index (χ4v) is 4.66. The summed E-state index contributed by atoms with van der Waals surface area (Å²) in [4.78, 5) is 19.2. The molecule has 0 radical (unpaired) electrons. The van der Waals surface area contributed by atoms with Gasteiger partial charge in [0.2, 0.25) is 10.0 Å². The largest absolute Gasteiger partial charge is 0.425 e. The van der Waals surface area contributed by atoms with Crippen molar-refractivity contribution in [2.24, 2.45) is 0 Å². The summed E-state index contributed by atoms with van der Waals surface area (Å²) >= 11 is 0. The molecule has 0 unspecified atom stereocenters. The summed E-state index contributed by atoms with van der Waals surface area (Å²) in [6.07, 6.45) is 4.29. The van der Waals surface area contributed by atoms with E-state index in [1.165, 1.54) is 23.8 Å². The Labute approximate surface area is 206 Å². The van der Waals surface area contributed by atoms with E-state index in [9.17, 15) is 18.5 Å². The van der Waals surface area contributed by atoms with Gasteiger partial charge in [0.05, 0.1) is 22.2 Å². The van der Waals surface area contributed by atoms with Gasteiger partial charge < -0.3 is 9.71 Å². The van der Waals surface area contributed by atoms with Gasteiger partial charge in [0, 0.05) is 23.5 Å². The van der Waals surface area contributed by atoms with Gasteiger partial charge in [-0.1, -0.05) is 54.6 Å². The van der Waals surface area contributed by atoms with E-state index in [0.717, 1.165) is 18.1 Å². The van der Waals surface area contributed by atoms with Gasteiger partial charge in [-0.15, -0.1) is 0 Å². The second-order valence-electron chi connectivity index (χ2n) is 7.96. The molecular formula is C26H19N5O4S. The average Bonchev–Trinajstić information content (AvgIpc) is 2.89. The van der Waals surface area contributed by atoms with Crippen LogP contribution in [0.2, 0.25) is 0 Å². The number of hydrogen-bond donors (Lipinski definition) is 0. The van der Waals surface area contributed by atoms with Crippen LogP contribution in [0, 0.1) is 10.1 Å². The van der Waals surface area contributed by atoms with Crippen molar-refractivity contribution in [1.82, 2.24) is 9.97 Å². The van der Waals surface area contributed by atoms with Crippen LogP contribution in [0.3, 0.4) is 0 Å². The standard InChI is InChI=1S/C26H19N5O4S/c32-31(33)21-9-6-10-22(18-21)36(34,35)29-25-26(28-24-12-5-4-11-23(24)27-25)30-15-13-20(14-16-30)17-19-7-2-1-3-8-19/h1-16,18H,17H2. The number of aromatic nitrogens is 3. The second kappa shape index (κ2) is 9.51. The molecule has 0 saturated carbocycles. The zero-order valence-electron chi connectivity index (χ0n) is 18.8. The summed E-state index contributed by atoms with van der Waals surface area (Å²) < 4.78 is 31.8. The van der Waals surface area contributed by atoms with E-state index in [1.54, 1.807) is 35.2 Å². The second-order valence-corrected chi connectivity index (χ2v) is 9.56. The van der Waals surface area contributed by atoms with Gasteiger partial charge in [-0.2, -0.15) is 0 Å². The van der Waals surface area contributed by atoms with Gasteiger partial charge in [-0.3, -0.25) is 10.1 Å². The molecule has 0 aliphatic rings. The topological polar surface area (TPSA) is 121 Å². The molecule has 5 rings (SSSR count). The number of nitro benzene ring substituents is 1. The lowest BCUT2D eigenvalue weighted by Crippen LogP contribution is -2.31. The first kappa shape index (κ1) is 23.1. The van der Waals surface area contributed by atoms with E-state index >= 15 is 0 Å². The summed E-state index contributed by atoms with van der Waals surface area (Å²) in [5.74, 6) is 0.0926. The van der Waals surface area contributed by atoms with Crippen molar-refractivity contribution in [1.29, 1.82) is 0 Å². The Morgan fingerprint density at radius 2 is 1.44 bits per heavy atom. The number of sulfonamides is 1. The van der Waals surface area contributed by atoms with Crippen molar-refractivity contribution in [3.05, 3.63) is 129 Å². The SMILES string of the molecule is O=[N+]([O-])c1cccc(S(=O)(=O)[N-]c2nc3ccccc3nc2-[n+]2ccc(Cc3ccccc3)cc2)c1. The number of rotatable bonds is 7. The predicted molar refractivity (Wildman–Crippen MR) is 134 cm³/mol. The van der Waals surface area contributed by atoms with Crippen LogP contribution in [0.1, 0.15) is 11.1 Å². The predicted octanol–water partition coefficient (Wildman–Crippen LogP) is 4.80. The van der Waals surface area contributed by atoms with Crippen LogP contribution in [0.5, 0.6) is 0 Å². The number of hydrogen-bond acceptors (Lipinski definition) is 6. The number of nitrogens with zero attached hydrogens (tertiary/aromatic N) is 5. The third kappa shape index (κ3) is 4.89. The molecule has 0 aliphatic heterocycles. The number of fused-ring (bicyclic) bond motifs is 1. The van der Waals surface area contributed by atoms with Gasteiger partial charge in [-0.05, 0) is 46.8 Å². The monoisotopic (exact) mass is 497 g/mol. The van der Waals surface area contributed by atoms with Crippen LogP contribution in [0.25, 0.3) is 21.6 Å². The van der Waals surface area contributed by atoms with Crippen LogP contribution < -0.4 is 4.57 Å². The first-order valence-electron chi connectivity index (χ1n) is 10.9. The van der Waals surface area contributed by atoms with Crippen molar-refractivity contribution in [3.8, 4) is 5.82 Å². The molecule has 3 aromatic carbocycles. The lowest BCUT2D eigenvalue weighted by Gasteiger charge is -2.16. The molecule has 178 valence electrons. The summed E-state index contributed by atoms with van der Waals surface area (Å²) in [6.45, 7) is 0. The quantitative estimate of drug-likeness (QED) is 0.181. The van der Waals surface area contributed by atoms with Crippen molar-refractivity contribution in [2.75, 3.05) is 0 Å². The van der Waals surface area contributed by atoms with E-state index in [4.69, 9.17) is 0 Å². The molecule has 5 aromatic rings. The Hall–Kier alpha value is -4.70. The van der Waals surface area contributed by atoms with E-state index in [1.807, 2.05) is 48.5 Å². The van der Waals surface area contributed by atoms with Crippen LogP contribution in [0.4, 0.5) is 11.5 Å². The molecule has 0 N–H and O–H groups in total. The maximum absolute atomic E-state index is 13.1. The molecule has 0 saturated heterocycles. The van der Waals surface area contributed by atoms with E-state index in [-0.39, 0.29) is 22.2 Å². The van der Waals surface area contributed by atoms with E-state index in [0.29, 0.717) is 11.0 Å². The number of non-ortho nitro benzene ring substituents is 1. The lowest BCUT2D eigenvalue weighted by molar-refractivity contribution is -0.598. The highest BCUT2D eigenvalue weighted by atomic mass is 32.2. The molecule has 0 aliphatic carbocycles. The Morgan fingerprint density at radius 3 is 2.14 bits per heavy atom. The highest BCUT2D eigenvalue weighted by Gasteiger charge is 2.20. The molecule has 9 nitrogen and oxygen atoms in total. The van der Waals surface area contributed by atoms with Crippen molar-refractivity contribution in [3.63, 3.8) is 0 Å². The minimum absolute atomic E-state index is 0.124. The number of pyridine rings is 1. The maximum Gasteiger partial charge on any atom is 0.327 e.